The fourth-order valence-electron chi connectivity index (χ4n) is 2.86. The van der Waals surface area contributed by atoms with Crippen LogP contribution in [0.2, 0.25) is 5.02 Å². The molecule has 3 rings (SSSR count). The number of rotatable bonds is 4. The summed E-state index contributed by atoms with van der Waals surface area (Å²) in [4.78, 5) is 4.68. The maximum absolute atomic E-state index is 6.25. The Morgan fingerprint density at radius 1 is 0.958 bits per heavy atom. The van der Waals surface area contributed by atoms with Crippen LogP contribution in [0.1, 0.15) is 11.1 Å². The predicted octanol–water partition coefficient (Wildman–Crippen LogP) is 3.53. The molecule has 1 saturated heterocycles. The number of hydrogen-bond donors (Lipinski definition) is 1. The van der Waals surface area contributed by atoms with Crippen LogP contribution in [0, 0.1) is 0 Å². The summed E-state index contributed by atoms with van der Waals surface area (Å²) in [7, 11) is 0. The van der Waals surface area contributed by atoms with Crippen molar-refractivity contribution in [3.8, 4) is 0 Å². The van der Waals surface area contributed by atoms with E-state index in [1.165, 1.54) is 11.1 Å². The minimum Gasteiger partial charge on any atom is -0.358 e. The smallest absolute Gasteiger partial charge is 0.169 e. The van der Waals surface area contributed by atoms with Crippen LogP contribution >= 0.6 is 23.8 Å². The van der Waals surface area contributed by atoms with Crippen molar-refractivity contribution in [2.24, 2.45) is 0 Å². The lowest BCUT2D eigenvalue weighted by Gasteiger charge is -2.36. The summed E-state index contributed by atoms with van der Waals surface area (Å²) >= 11 is 11.8. The average molecular weight is 360 g/mol. The number of nitrogens with zero attached hydrogens (tertiary/aromatic N) is 2. The SMILES string of the molecule is S=C(NCc1ccccc1)N1CCN(Cc2ccccc2Cl)CC1. The van der Waals surface area contributed by atoms with Gasteiger partial charge in [0.1, 0.15) is 0 Å². The third-order valence-electron chi connectivity index (χ3n) is 4.30. The van der Waals surface area contributed by atoms with Gasteiger partial charge < -0.3 is 10.2 Å². The second-order valence-electron chi connectivity index (χ2n) is 6.00. The molecule has 5 heteroatoms. The largest absolute Gasteiger partial charge is 0.358 e. The number of hydrogen-bond acceptors (Lipinski definition) is 2. The predicted molar refractivity (Wildman–Crippen MR) is 104 cm³/mol. The van der Waals surface area contributed by atoms with Crippen molar-refractivity contribution >= 4 is 28.9 Å². The van der Waals surface area contributed by atoms with Crippen LogP contribution < -0.4 is 5.32 Å². The van der Waals surface area contributed by atoms with Crippen LogP contribution in [0.4, 0.5) is 0 Å². The molecule has 1 heterocycles. The molecule has 0 radical (unpaired) electrons. The second-order valence-corrected chi connectivity index (χ2v) is 6.79. The third kappa shape index (κ3) is 4.69. The van der Waals surface area contributed by atoms with E-state index in [-0.39, 0.29) is 0 Å². The fraction of sp³-hybridized carbons (Fsp3) is 0.316. The third-order valence-corrected chi connectivity index (χ3v) is 5.07. The van der Waals surface area contributed by atoms with E-state index in [1.807, 2.05) is 36.4 Å². The summed E-state index contributed by atoms with van der Waals surface area (Å²) in [5.74, 6) is 0. The highest BCUT2D eigenvalue weighted by molar-refractivity contribution is 7.80. The molecule has 0 aromatic heterocycles. The van der Waals surface area contributed by atoms with Crippen molar-refractivity contribution < 1.29 is 0 Å². The van der Waals surface area contributed by atoms with Crippen LogP contribution in [0.5, 0.6) is 0 Å². The van der Waals surface area contributed by atoms with Crippen LogP contribution in [-0.2, 0) is 13.1 Å². The van der Waals surface area contributed by atoms with E-state index in [9.17, 15) is 0 Å². The van der Waals surface area contributed by atoms with Crippen molar-refractivity contribution in [3.05, 3.63) is 70.7 Å². The molecule has 0 unspecified atom stereocenters. The quantitative estimate of drug-likeness (QED) is 0.841. The molecule has 2 aromatic rings. The van der Waals surface area contributed by atoms with Crippen LogP contribution in [-0.4, -0.2) is 41.1 Å². The Balaban J connectivity index is 1.44. The van der Waals surface area contributed by atoms with Gasteiger partial charge in [-0.1, -0.05) is 60.1 Å². The Kier molecular flexibility index (Phi) is 6.07. The molecule has 3 nitrogen and oxygen atoms in total. The summed E-state index contributed by atoms with van der Waals surface area (Å²) in [5, 5.41) is 5.05. The van der Waals surface area contributed by atoms with E-state index in [2.05, 4.69) is 33.3 Å². The van der Waals surface area contributed by atoms with Gasteiger partial charge in [0, 0.05) is 44.3 Å². The van der Waals surface area contributed by atoms with Crippen molar-refractivity contribution in [2.75, 3.05) is 26.2 Å². The molecular weight excluding hydrogens is 338 g/mol. The average Bonchev–Trinajstić information content (AvgIpc) is 2.63. The van der Waals surface area contributed by atoms with E-state index in [1.54, 1.807) is 0 Å². The van der Waals surface area contributed by atoms with E-state index >= 15 is 0 Å². The number of piperazine rings is 1. The number of thiocarbonyl (C=S) groups is 1. The van der Waals surface area contributed by atoms with Gasteiger partial charge >= 0.3 is 0 Å². The molecule has 0 bridgehead atoms. The van der Waals surface area contributed by atoms with Gasteiger partial charge in [-0.25, -0.2) is 0 Å². The highest BCUT2D eigenvalue weighted by Gasteiger charge is 2.19. The summed E-state index contributed by atoms with van der Waals surface area (Å²) in [6.45, 7) is 5.57. The zero-order valence-corrected chi connectivity index (χ0v) is 15.2. The van der Waals surface area contributed by atoms with Gasteiger partial charge in [-0.2, -0.15) is 0 Å². The van der Waals surface area contributed by atoms with Gasteiger partial charge in [-0.05, 0) is 29.4 Å². The van der Waals surface area contributed by atoms with Crippen molar-refractivity contribution in [1.29, 1.82) is 0 Å². The fourth-order valence-corrected chi connectivity index (χ4v) is 3.31. The second kappa shape index (κ2) is 8.47. The topological polar surface area (TPSA) is 18.5 Å². The van der Waals surface area contributed by atoms with Gasteiger partial charge in [0.15, 0.2) is 5.11 Å². The Bertz CT molecular complexity index is 669. The summed E-state index contributed by atoms with van der Waals surface area (Å²) in [6.07, 6.45) is 0. The van der Waals surface area contributed by atoms with E-state index in [0.29, 0.717) is 0 Å². The highest BCUT2D eigenvalue weighted by atomic mass is 35.5. The number of nitrogens with one attached hydrogen (secondary N) is 1. The molecule has 1 aliphatic heterocycles. The zero-order valence-electron chi connectivity index (χ0n) is 13.6. The molecular formula is C19H22ClN3S. The molecule has 1 N–H and O–H groups in total. The Labute approximate surface area is 154 Å². The van der Waals surface area contributed by atoms with E-state index < -0.39 is 0 Å². The lowest BCUT2D eigenvalue weighted by molar-refractivity contribution is 0.174. The molecule has 0 spiro atoms. The Morgan fingerprint density at radius 3 is 2.33 bits per heavy atom. The summed E-state index contributed by atoms with van der Waals surface area (Å²) in [5.41, 5.74) is 2.44. The van der Waals surface area contributed by atoms with Gasteiger partial charge in [-0.15, -0.1) is 0 Å². The first kappa shape index (κ1) is 17.2. The molecule has 0 amide bonds. The molecule has 1 aliphatic rings. The minimum atomic E-state index is 0.777. The normalized spacial score (nSPS) is 15.3. The minimum absolute atomic E-state index is 0.777. The van der Waals surface area contributed by atoms with Crippen LogP contribution in [0.15, 0.2) is 54.6 Å². The van der Waals surface area contributed by atoms with E-state index in [0.717, 1.165) is 49.4 Å². The van der Waals surface area contributed by atoms with E-state index in [4.69, 9.17) is 23.8 Å². The molecule has 2 aromatic carbocycles. The monoisotopic (exact) mass is 359 g/mol. The molecule has 0 atom stereocenters. The lowest BCUT2D eigenvalue weighted by atomic mass is 10.2. The van der Waals surface area contributed by atoms with Crippen molar-refractivity contribution in [3.63, 3.8) is 0 Å². The maximum atomic E-state index is 6.25. The van der Waals surface area contributed by atoms with Crippen LogP contribution in [0.3, 0.4) is 0 Å². The zero-order chi connectivity index (χ0) is 16.8. The van der Waals surface area contributed by atoms with Crippen molar-refractivity contribution in [1.82, 2.24) is 15.1 Å². The Hall–Kier alpha value is -1.62. The van der Waals surface area contributed by atoms with Gasteiger partial charge in [-0.3, -0.25) is 4.90 Å². The first-order valence-electron chi connectivity index (χ1n) is 8.25. The van der Waals surface area contributed by atoms with Crippen LogP contribution in [0.25, 0.3) is 0 Å². The summed E-state index contributed by atoms with van der Waals surface area (Å²) < 4.78 is 0. The number of halogens is 1. The Morgan fingerprint density at radius 2 is 1.62 bits per heavy atom. The first-order chi connectivity index (χ1) is 11.7. The molecule has 126 valence electrons. The lowest BCUT2D eigenvalue weighted by Crippen LogP contribution is -2.51. The van der Waals surface area contributed by atoms with Gasteiger partial charge in [0.2, 0.25) is 0 Å². The van der Waals surface area contributed by atoms with Gasteiger partial charge in [0.25, 0.3) is 0 Å². The highest BCUT2D eigenvalue weighted by Crippen LogP contribution is 2.17. The van der Waals surface area contributed by atoms with Crippen molar-refractivity contribution in [2.45, 2.75) is 13.1 Å². The first-order valence-corrected chi connectivity index (χ1v) is 9.03. The maximum Gasteiger partial charge on any atom is 0.169 e. The van der Waals surface area contributed by atoms with Gasteiger partial charge in [0.05, 0.1) is 0 Å². The summed E-state index contributed by atoms with van der Waals surface area (Å²) in [6, 6.07) is 18.4. The number of benzene rings is 2. The molecule has 0 aliphatic carbocycles. The molecule has 1 fully saturated rings. The standard InChI is InChI=1S/C19H22ClN3S/c20-18-9-5-4-8-17(18)15-22-10-12-23(13-11-22)19(24)21-14-16-6-2-1-3-7-16/h1-9H,10-15H2,(H,21,24). The molecule has 0 saturated carbocycles. The molecule has 24 heavy (non-hydrogen) atoms.